The van der Waals surface area contributed by atoms with Crippen molar-refractivity contribution in [1.82, 2.24) is 15.1 Å². The summed E-state index contributed by atoms with van der Waals surface area (Å²) in [4.78, 5) is 17.0. The van der Waals surface area contributed by atoms with Gasteiger partial charge in [-0.2, -0.15) is 0 Å². The third-order valence-corrected chi connectivity index (χ3v) is 5.89. The summed E-state index contributed by atoms with van der Waals surface area (Å²) in [5.41, 5.74) is 0. The van der Waals surface area contributed by atoms with Gasteiger partial charge in [-0.05, 0) is 38.3 Å². The lowest BCUT2D eigenvalue weighted by molar-refractivity contribution is -0.121. The van der Waals surface area contributed by atoms with Crippen molar-refractivity contribution in [3.05, 3.63) is 0 Å². The van der Waals surface area contributed by atoms with E-state index in [9.17, 15) is 4.79 Å². The van der Waals surface area contributed by atoms with Crippen molar-refractivity contribution < 1.29 is 4.79 Å². The fourth-order valence-electron chi connectivity index (χ4n) is 4.09. The number of carbonyl (C=O) groups excluding carboxylic acids is 1. The van der Waals surface area contributed by atoms with E-state index in [4.69, 9.17) is 0 Å². The van der Waals surface area contributed by atoms with Crippen LogP contribution in [0.25, 0.3) is 0 Å². The van der Waals surface area contributed by atoms with Crippen LogP contribution in [0.4, 0.5) is 0 Å². The van der Waals surface area contributed by atoms with Crippen LogP contribution in [0.1, 0.15) is 71.1 Å². The normalized spacial score (nSPS) is 21.0. The molecule has 0 aromatic heterocycles. The molecule has 0 aromatic carbocycles. The van der Waals surface area contributed by atoms with Gasteiger partial charge in [0.2, 0.25) is 5.91 Å². The van der Waals surface area contributed by atoms with Gasteiger partial charge in [-0.15, -0.1) is 0 Å². The topological polar surface area (TPSA) is 35.6 Å². The summed E-state index contributed by atoms with van der Waals surface area (Å²) in [6, 6.07) is 0. The number of rotatable bonds is 10. The minimum absolute atomic E-state index is 0.274. The van der Waals surface area contributed by atoms with Crippen LogP contribution in [0.15, 0.2) is 0 Å². The summed E-state index contributed by atoms with van der Waals surface area (Å²) in [5, 5.41) is 3.11. The molecule has 2 rings (SSSR count). The Hall–Kier alpha value is -0.610. The predicted octanol–water partition coefficient (Wildman–Crippen LogP) is 3.27. The molecular formula is C20H39N3O. The highest BCUT2D eigenvalue weighted by molar-refractivity contribution is 5.75. The Morgan fingerprint density at radius 2 is 1.67 bits per heavy atom. The number of piperazine rings is 1. The van der Waals surface area contributed by atoms with E-state index < -0.39 is 0 Å². The molecule has 0 bridgehead atoms. The van der Waals surface area contributed by atoms with Gasteiger partial charge in [0.15, 0.2) is 0 Å². The molecule has 4 nitrogen and oxygen atoms in total. The minimum atomic E-state index is 0.274. The highest BCUT2D eigenvalue weighted by Crippen LogP contribution is 2.27. The molecule has 1 saturated carbocycles. The molecule has 0 atom stereocenters. The number of nitrogens with zero attached hydrogens (tertiary/aromatic N) is 2. The van der Waals surface area contributed by atoms with Crippen molar-refractivity contribution in [3.8, 4) is 0 Å². The van der Waals surface area contributed by atoms with Crippen LogP contribution < -0.4 is 5.32 Å². The van der Waals surface area contributed by atoms with Crippen LogP contribution >= 0.6 is 0 Å². The number of amides is 1. The van der Waals surface area contributed by atoms with E-state index in [0.717, 1.165) is 31.7 Å². The van der Waals surface area contributed by atoms with Crippen molar-refractivity contribution >= 4 is 5.91 Å². The van der Waals surface area contributed by atoms with Gasteiger partial charge < -0.3 is 15.1 Å². The first-order valence-corrected chi connectivity index (χ1v) is 10.5. The number of unbranched alkanes of at least 4 members (excludes halogenated alkanes) is 2. The second kappa shape index (κ2) is 11.9. The number of likely N-dealkylation sites (N-methyl/N-ethyl adjacent to an activating group) is 1. The molecule has 1 saturated heterocycles. The molecule has 1 amide bonds. The van der Waals surface area contributed by atoms with Crippen molar-refractivity contribution in [1.29, 1.82) is 0 Å². The third kappa shape index (κ3) is 7.98. The second-order valence-corrected chi connectivity index (χ2v) is 7.73. The summed E-state index contributed by atoms with van der Waals surface area (Å²) in [7, 11) is 0. The van der Waals surface area contributed by atoms with Crippen LogP contribution in [-0.2, 0) is 4.79 Å². The van der Waals surface area contributed by atoms with E-state index in [1.54, 1.807) is 0 Å². The lowest BCUT2D eigenvalue weighted by atomic mass is 9.86. The zero-order chi connectivity index (χ0) is 17.0. The molecule has 24 heavy (non-hydrogen) atoms. The van der Waals surface area contributed by atoms with Gasteiger partial charge in [-0.1, -0.05) is 45.4 Å². The molecule has 0 radical (unpaired) electrons. The summed E-state index contributed by atoms with van der Waals surface area (Å²) in [6.07, 6.45) is 12.3. The van der Waals surface area contributed by atoms with Gasteiger partial charge in [0.25, 0.3) is 0 Å². The molecular weight excluding hydrogens is 298 g/mol. The molecule has 0 unspecified atom stereocenters. The Kier molecular flexibility index (Phi) is 9.74. The van der Waals surface area contributed by atoms with Crippen molar-refractivity contribution in [3.63, 3.8) is 0 Å². The maximum absolute atomic E-state index is 11.9. The fourth-order valence-corrected chi connectivity index (χ4v) is 4.09. The molecule has 1 aliphatic carbocycles. The number of hydrogen-bond acceptors (Lipinski definition) is 3. The van der Waals surface area contributed by atoms with Gasteiger partial charge >= 0.3 is 0 Å². The lowest BCUT2D eigenvalue weighted by Crippen LogP contribution is -2.46. The van der Waals surface area contributed by atoms with E-state index >= 15 is 0 Å². The summed E-state index contributed by atoms with van der Waals surface area (Å²) < 4.78 is 0. The smallest absolute Gasteiger partial charge is 0.220 e. The first-order valence-electron chi connectivity index (χ1n) is 10.5. The van der Waals surface area contributed by atoms with Crippen LogP contribution in [0.2, 0.25) is 0 Å². The fraction of sp³-hybridized carbons (Fsp3) is 0.950. The second-order valence-electron chi connectivity index (χ2n) is 7.73. The maximum Gasteiger partial charge on any atom is 0.220 e. The molecule has 1 aliphatic heterocycles. The maximum atomic E-state index is 11.9. The highest BCUT2D eigenvalue weighted by Gasteiger charge is 2.15. The molecule has 2 aliphatic rings. The Balaban J connectivity index is 1.39. The Labute approximate surface area is 149 Å². The zero-order valence-corrected chi connectivity index (χ0v) is 15.9. The van der Waals surface area contributed by atoms with Crippen LogP contribution in [-0.4, -0.2) is 61.5 Å². The van der Waals surface area contributed by atoms with Gasteiger partial charge in [-0.25, -0.2) is 0 Å². The molecule has 2 fully saturated rings. The quantitative estimate of drug-likeness (QED) is 0.622. The first kappa shape index (κ1) is 19.7. The molecule has 1 N–H and O–H groups in total. The molecule has 4 heteroatoms. The highest BCUT2D eigenvalue weighted by atomic mass is 16.1. The van der Waals surface area contributed by atoms with Gasteiger partial charge in [0.05, 0.1) is 0 Å². The average Bonchev–Trinajstić information content (AvgIpc) is 2.64. The van der Waals surface area contributed by atoms with Crippen LogP contribution in [0, 0.1) is 5.92 Å². The molecule has 1 heterocycles. The molecule has 0 spiro atoms. The number of carbonyl (C=O) groups is 1. The van der Waals surface area contributed by atoms with Gasteiger partial charge in [0.1, 0.15) is 0 Å². The third-order valence-electron chi connectivity index (χ3n) is 5.89. The monoisotopic (exact) mass is 337 g/mol. The van der Waals surface area contributed by atoms with E-state index in [1.807, 2.05) is 0 Å². The van der Waals surface area contributed by atoms with E-state index in [1.165, 1.54) is 84.2 Å². The van der Waals surface area contributed by atoms with Crippen molar-refractivity contribution in [2.75, 3.05) is 45.8 Å². The van der Waals surface area contributed by atoms with Crippen molar-refractivity contribution in [2.45, 2.75) is 71.1 Å². The number of nitrogens with one attached hydrogen (secondary N) is 1. The van der Waals surface area contributed by atoms with Crippen molar-refractivity contribution in [2.24, 2.45) is 5.92 Å². The first-order chi connectivity index (χ1) is 11.8. The summed E-state index contributed by atoms with van der Waals surface area (Å²) >= 11 is 0. The Morgan fingerprint density at radius 1 is 0.958 bits per heavy atom. The van der Waals surface area contributed by atoms with Crippen LogP contribution in [0.5, 0.6) is 0 Å². The predicted molar refractivity (Wildman–Crippen MR) is 101 cm³/mol. The average molecular weight is 338 g/mol. The summed E-state index contributed by atoms with van der Waals surface area (Å²) in [5.74, 6) is 1.09. The number of hydrogen-bond donors (Lipinski definition) is 1. The Morgan fingerprint density at radius 3 is 2.38 bits per heavy atom. The lowest BCUT2D eigenvalue weighted by Gasteiger charge is -2.33. The minimum Gasteiger partial charge on any atom is -0.356 e. The van der Waals surface area contributed by atoms with Gasteiger partial charge in [-0.3, -0.25) is 4.79 Å². The Bertz CT molecular complexity index is 334. The largest absolute Gasteiger partial charge is 0.356 e. The SMILES string of the molecule is CCN1CCN(CCCCCNC(=O)CCC2CCCCC2)CC1. The molecule has 0 aromatic rings. The molecule has 140 valence electrons. The summed E-state index contributed by atoms with van der Waals surface area (Å²) in [6.45, 7) is 10.5. The van der Waals surface area contributed by atoms with Gasteiger partial charge in [0, 0.05) is 39.1 Å². The standard InChI is InChI=1S/C20H39N3O/c1-2-22-15-17-23(18-16-22)14-8-4-7-13-21-20(24)12-11-19-9-5-3-6-10-19/h19H,2-18H2,1H3,(H,21,24). The van der Waals surface area contributed by atoms with E-state index in [-0.39, 0.29) is 5.91 Å². The van der Waals surface area contributed by atoms with E-state index in [0.29, 0.717) is 0 Å². The van der Waals surface area contributed by atoms with E-state index in [2.05, 4.69) is 22.0 Å². The zero-order valence-electron chi connectivity index (χ0n) is 15.9. The van der Waals surface area contributed by atoms with Crippen LogP contribution in [0.3, 0.4) is 0 Å².